The first kappa shape index (κ1) is 13.1. The van der Waals surface area contributed by atoms with Crippen molar-refractivity contribution in [3.8, 4) is 0 Å². The zero-order valence-corrected chi connectivity index (χ0v) is 9.25. The molecule has 0 aromatic heterocycles. The second-order valence-electron chi connectivity index (χ2n) is 2.77. The summed E-state index contributed by atoms with van der Waals surface area (Å²) in [4.78, 5) is 21.0. The number of carboxylic acids is 2. The molecule has 0 saturated carbocycles. The molecular formula is C7H14O6Si. The summed E-state index contributed by atoms with van der Waals surface area (Å²) in [5.74, 6) is -3.18. The molecule has 0 saturated heterocycles. The topological polar surface area (TPSA) is 93.1 Å². The summed E-state index contributed by atoms with van der Waals surface area (Å²) in [7, 11) is 0.852. The highest BCUT2D eigenvalue weighted by molar-refractivity contribution is 6.44. The Morgan fingerprint density at radius 1 is 1.29 bits per heavy atom. The highest BCUT2D eigenvalue weighted by atomic mass is 28.3. The van der Waals surface area contributed by atoms with E-state index < -0.39 is 33.6 Å². The van der Waals surface area contributed by atoms with Gasteiger partial charge in [0.15, 0.2) is 0 Å². The molecule has 0 aliphatic heterocycles. The summed E-state index contributed by atoms with van der Waals surface area (Å²) in [6, 6.07) is 0.161. The van der Waals surface area contributed by atoms with Gasteiger partial charge in [-0.05, 0) is 0 Å². The first-order valence-electron chi connectivity index (χ1n) is 4.01. The molecule has 0 aliphatic carbocycles. The predicted molar refractivity (Wildman–Crippen MR) is 49.4 cm³/mol. The molecular weight excluding hydrogens is 208 g/mol. The van der Waals surface area contributed by atoms with Gasteiger partial charge in [-0.2, -0.15) is 0 Å². The van der Waals surface area contributed by atoms with Gasteiger partial charge in [0.05, 0.1) is 12.3 Å². The molecule has 0 aromatic carbocycles. The van der Waals surface area contributed by atoms with Crippen LogP contribution in [0.4, 0.5) is 0 Å². The van der Waals surface area contributed by atoms with Gasteiger partial charge in [-0.3, -0.25) is 9.59 Å². The number of carboxylic acid groups (broad SMARTS) is 2. The summed E-state index contributed by atoms with van der Waals surface area (Å²) in [5, 5.41) is 17.2. The van der Waals surface area contributed by atoms with E-state index in [-0.39, 0.29) is 6.04 Å². The lowest BCUT2D eigenvalue weighted by molar-refractivity contribution is -0.147. The van der Waals surface area contributed by atoms with Crippen LogP contribution in [-0.4, -0.2) is 45.7 Å². The van der Waals surface area contributed by atoms with Gasteiger partial charge in [0.1, 0.15) is 0 Å². The molecule has 0 aromatic rings. The van der Waals surface area contributed by atoms with Crippen LogP contribution in [0.2, 0.25) is 6.04 Å². The third-order valence-electron chi connectivity index (χ3n) is 1.77. The highest BCUT2D eigenvalue weighted by Gasteiger charge is 2.26. The summed E-state index contributed by atoms with van der Waals surface area (Å²) in [6.45, 7) is 0. The standard InChI is InChI=1S/C7H14O6Si/c1-12-14(13-2)4-5(7(10)11)3-6(8)9/h5,14H,3-4H2,1-2H3,(H,8,9)(H,10,11). The number of aliphatic carboxylic acids is 2. The number of rotatable bonds is 7. The fourth-order valence-corrected chi connectivity index (χ4v) is 2.41. The van der Waals surface area contributed by atoms with Crippen molar-refractivity contribution in [1.29, 1.82) is 0 Å². The van der Waals surface area contributed by atoms with Crippen molar-refractivity contribution in [1.82, 2.24) is 0 Å². The van der Waals surface area contributed by atoms with Crippen LogP contribution in [0.25, 0.3) is 0 Å². The van der Waals surface area contributed by atoms with Crippen molar-refractivity contribution in [3.05, 3.63) is 0 Å². The smallest absolute Gasteiger partial charge is 0.321 e. The maximum atomic E-state index is 10.7. The molecule has 0 radical (unpaired) electrons. The zero-order chi connectivity index (χ0) is 11.1. The minimum atomic E-state index is -2.01. The van der Waals surface area contributed by atoms with Gasteiger partial charge >= 0.3 is 21.2 Å². The molecule has 0 amide bonds. The molecule has 0 heterocycles. The van der Waals surface area contributed by atoms with E-state index in [1.165, 1.54) is 14.2 Å². The fraction of sp³-hybridized carbons (Fsp3) is 0.714. The van der Waals surface area contributed by atoms with E-state index in [0.29, 0.717) is 0 Å². The Hall–Kier alpha value is -0.923. The highest BCUT2D eigenvalue weighted by Crippen LogP contribution is 2.13. The molecule has 14 heavy (non-hydrogen) atoms. The van der Waals surface area contributed by atoms with Crippen molar-refractivity contribution >= 4 is 21.2 Å². The normalized spacial score (nSPS) is 12.8. The Morgan fingerprint density at radius 2 is 1.79 bits per heavy atom. The summed E-state index contributed by atoms with van der Waals surface area (Å²) >= 11 is 0. The van der Waals surface area contributed by atoms with Gasteiger partial charge in [-0.25, -0.2) is 0 Å². The van der Waals surface area contributed by atoms with Crippen molar-refractivity contribution in [2.75, 3.05) is 14.2 Å². The van der Waals surface area contributed by atoms with E-state index in [4.69, 9.17) is 19.1 Å². The Balaban J connectivity index is 4.21. The quantitative estimate of drug-likeness (QED) is 0.573. The maximum absolute atomic E-state index is 10.7. The largest absolute Gasteiger partial charge is 0.481 e. The van der Waals surface area contributed by atoms with E-state index in [2.05, 4.69) is 0 Å². The van der Waals surface area contributed by atoms with Crippen LogP contribution >= 0.6 is 0 Å². The molecule has 7 heteroatoms. The van der Waals surface area contributed by atoms with Crippen LogP contribution in [0.1, 0.15) is 6.42 Å². The van der Waals surface area contributed by atoms with Gasteiger partial charge in [0.25, 0.3) is 0 Å². The van der Waals surface area contributed by atoms with Gasteiger partial charge in [0.2, 0.25) is 0 Å². The van der Waals surface area contributed by atoms with E-state index in [1.54, 1.807) is 0 Å². The minimum Gasteiger partial charge on any atom is -0.481 e. The van der Waals surface area contributed by atoms with E-state index in [0.717, 1.165) is 0 Å². The van der Waals surface area contributed by atoms with E-state index >= 15 is 0 Å². The lowest BCUT2D eigenvalue weighted by Crippen LogP contribution is -2.28. The van der Waals surface area contributed by atoms with Crippen LogP contribution in [0, 0.1) is 5.92 Å². The number of carbonyl (C=O) groups is 2. The molecule has 1 unspecified atom stereocenters. The van der Waals surface area contributed by atoms with Gasteiger partial charge in [0, 0.05) is 20.3 Å². The fourth-order valence-electron chi connectivity index (χ4n) is 1.00. The molecule has 0 spiro atoms. The number of hydrogen-bond donors (Lipinski definition) is 2. The second kappa shape index (κ2) is 6.52. The predicted octanol–water partition coefficient (Wildman–Crippen LogP) is -0.325. The van der Waals surface area contributed by atoms with Gasteiger partial charge < -0.3 is 19.1 Å². The van der Waals surface area contributed by atoms with Gasteiger partial charge in [-0.15, -0.1) is 0 Å². The van der Waals surface area contributed by atoms with E-state index in [9.17, 15) is 9.59 Å². The lowest BCUT2D eigenvalue weighted by atomic mass is 10.1. The second-order valence-corrected chi connectivity index (χ2v) is 5.04. The molecule has 0 aliphatic rings. The third kappa shape index (κ3) is 4.95. The molecule has 6 nitrogen and oxygen atoms in total. The average Bonchev–Trinajstić information content (AvgIpc) is 2.11. The third-order valence-corrected chi connectivity index (χ3v) is 3.78. The lowest BCUT2D eigenvalue weighted by Gasteiger charge is -2.15. The van der Waals surface area contributed by atoms with Crippen molar-refractivity contribution in [3.63, 3.8) is 0 Å². The Kier molecular flexibility index (Phi) is 6.09. The Bertz CT molecular complexity index is 202. The van der Waals surface area contributed by atoms with Crippen LogP contribution < -0.4 is 0 Å². The average molecular weight is 222 g/mol. The molecule has 82 valence electrons. The summed E-state index contributed by atoms with van der Waals surface area (Å²) in [6.07, 6.45) is -0.397. The van der Waals surface area contributed by atoms with E-state index in [1.807, 2.05) is 0 Å². The molecule has 0 fully saturated rings. The monoisotopic (exact) mass is 222 g/mol. The summed E-state index contributed by atoms with van der Waals surface area (Å²) < 4.78 is 9.84. The first-order chi connectivity index (χ1) is 6.51. The van der Waals surface area contributed by atoms with Crippen molar-refractivity contribution in [2.24, 2.45) is 5.92 Å². The van der Waals surface area contributed by atoms with Crippen molar-refractivity contribution < 1.29 is 28.7 Å². The minimum absolute atomic E-state index is 0.161. The molecule has 2 N–H and O–H groups in total. The molecule has 0 bridgehead atoms. The molecule has 1 atom stereocenters. The van der Waals surface area contributed by atoms with Crippen LogP contribution in [0.15, 0.2) is 0 Å². The Morgan fingerprint density at radius 3 is 2.07 bits per heavy atom. The maximum Gasteiger partial charge on any atom is 0.321 e. The Labute approximate surface area is 83.3 Å². The molecule has 0 rings (SSSR count). The van der Waals surface area contributed by atoms with Gasteiger partial charge in [-0.1, -0.05) is 0 Å². The number of hydrogen-bond acceptors (Lipinski definition) is 4. The zero-order valence-electron chi connectivity index (χ0n) is 8.10. The van der Waals surface area contributed by atoms with Crippen LogP contribution in [0.3, 0.4) is 0 Å². The first-order valence-corrected chi connectivity index (χ1v) is 5.77. The van der Waals surface area contributed by atoms with Crippen LogP contribution in [0.5, 0.6) is 0 Å². The summed E-state index contributed by atoms with van der Waals surface area (Å²) in [5.41, 5.74) is 0. The SMILES string of the molecule is CO[SiH](CC(CC(=O)O)C(=O)O)OC. The van der Waals surface area contributed by atoms with Crippen molar-refractivity contribution in [2.45, 2.75) is 12.5 Å². The van der Waals surface area contributed by atoms with Crippen LogP contribution in [-0.2, 0) is 18.4 Å².